The van der Waals surface area contributed by atoms with Gasteiger partial charge in [-0.3, -0.25) is 4.79 Å². The van der Waals surface area contributed by atoms with Crippen LogP contribution in [-0.2, 0) is 19.1 Å². The molecule has 0 fully saturated rings. The summed E-state index contributed by atoms with van der Waals surface area (Å²) in [6, 6.07) is 0. The zero-order valence-electron chi connectivity index (χ0n) is 9.54. The number of carbonyl (C=O) groups excluding carboxylic acids is 2. The summed E-state index contributed by atoms with van der Waals surface area (Å²) in [4.78, 5) is 19.9. The Morgan fingerprint density at radius 2 is 1.60 bits per heavy atom. The summed E-state index contributed by atoms with van der Waals surface area (Å²) in [6.07, 6.45) is 1.10. The standard InChI is InChI=1S/C5H8O2.C4H6O2.C2H4/c1-4(2)5(6)7-3;1-3-6-4(2)5;1-2/h1H2,2-3H3;3H,1H2,2H3;1-2H2. The average molecular weight is 214 g/mol. The van der Waals surface area contributed by atoms with E-state index in [2.05, 4.69) is 35.8 Å². The van der Waals surface area contributed by atoms with Gasteiger partial charge in [0.15, 0.2) is 0 Å². The first-order chi connectivity index (χ1) is 6.95. The van der Waals surface area contributed by atoms with Crippen molar-refractivity contribution >= 4 is 11.9 Å². The Morgan fingerprint density at radius 1 is 1.20 bits per heavy atom. The molecule has 0 amide bonds. The third kappa shape index (κ3) is 24.5. The fraction of sp³-hybridized carbons (Fsp3) is 0.273. The molecule has 0 saturated heterocycles. The van der Waals surface area contributed by atoms with E-state index in [0.717, 1.165) is 6.26 Å². The minimum atomic E-state index is -0.347. The molecule has 0 aliphatic carbocycles. The molecule has 0 rings (SSSR count). The first-order valence-electron chi connectivity index (χ1n) is 3.97. The maximum absolute atomic E-state index is 10.2. The van der Waals surface area contributed by atoms with Crippen molar-refractivity contribution in [2.24, 2.45) is 0 Å². The molecule has 0 aromatic carbocycles. The van der Waals surface area contributed by atoms with Crippen LogP contribution in [0.3, 0.4) is 0 Å². The maximum Gasteiger partial charge on any atom is 0.332 e. The van der Waals surface area contributed by atoms with Crippen LogP contribution in [0.2, 0.25) is 0 Å². The second-order valence-corrected chi connectivity index (χ2v) is 2.05. The van der Waals surface area contributed by atoms with E-state index in [1.165, 1.54) is 14.0 Å². The van der Waals surface area contributed by atoms with Gasteiger partial charge in [-0.15, -0.1) is 13.2 Å². The van der Waals surface area contributed by atoms with Crippen LogP contribution in [0.25, 0.3) is 0 Å². The molecule has 0 saturated carbocycles. The molecule has 86 valence electrons. The molecule has 0 radical (unpaired) electrons. The number of hydrogen-bond acceptors (Lipinski definition) is 4. The molecule has 0 aliphatic rings. The number of carbonyl (C=O) groups is 2. The Hall–Kier alpha value is -1.84. The highest BCUT2D eigenvalue weighted by Crippen LogP contribution is 1.87. The van der Waals surface area contributed by atoms with Gasteiger partial charge in [0, 0.05) is 12.5 Å². The van der Waals surface area contributed by atoms with Crippen LogP contribution in [-0.4, -0.2) is 19.0 Å². The maximum atomic E-state index is 10.2. The van der Waals surface area contributed by atoms with Crippen molar-refractivity contribution in [3.05, 3.63) is 38.2 Å². The van der Waals surface area contributed by atoms with Crippen molar-refractivity contribution in [3.8, 4) is 0 Å². The molecule has 4 nitrogen and oxygen atoms in total. The van der Waals surface area contributed by atoms with Gasteiger partial charge < -0.3 is 9.47 Å². The lowest BCUT2D eigenvalue weighted by Crippen LogP contribution is -1.98. The van der Waals surface area contributed by atoms with Crippen molar-refractivity contribution in [3.63, 3.8) is 0 Å². The Bertz CT molecular complexity index is 219. The van der Waals surface area contributed by atoms with Crippen molar-refractivity contribution in [2.75, 3.05) is 7.11 Å². The van der Waals surface area contributed by atoms with Gasteiger partial charge in [0.05, 0.1) is 13.4 Å². The number of methoxy groups -OCH3 is 1. The van der Waals surface area contributed by atoms with Crippen molar-refractivity contribution in [2.45, 2.75) is 13.8 Å². The smallest absolute Gasteiger partial charge is 0.332 e. The number of esters is 2. The fourth-order valence-electron chi connectivity index (χ4n) is 0.292. The molecular weight excluding hydrogens is 196 g/mol. The summed E-state index contributed by atoms with van der Waals surface area (Å²) < 4.78 is 8.44. The lowest BCUT2D eigenvalue weighted by molar-refractivity contribution is -0.136. The summed E-state index contributed by atoms with van der Waals surface area (Å²) in [5.74, 6) is -0.676. The van der Waals surface area contributed by atoms with Crippen LogP contribution in [0.5, 0.6) is 0 Å². The molecule has 4 heteroatoms. The largest absolute Gasteiger partial charge is 0.466 e. The number of ether oxygens (including phenoxy) is 2. The zero-order valence-corrected chi connectivity index (χ0v) is 9.54. The van der Waals surface area contributed by atoms with Gasteiger partial charge in [-0.1, -0.05) is 13.2 Å². The lowest BCUT2D eigenvalue weighted by atomic mass is 10.4. The van der Waals surface area contributed by atoms with Gasteiger partial charge in [-0.25, -0.2) is 4.79 Å². The molecule has 0 unspecified atom stereocenters. The first kappa shape index (κ1) is 18.9. The minimum Gasteiger partial charge on any atom is -0.466 e. The van der Waals surface area contributed by atoms with Crippen molar-refractivity contribution in [1.82, 2.24) is 0 Å². The molecule has 0 bridgehead atoms. The lowest BCUT2D eigenvalue weighted by Gasteiger charge is -1.91. The van der Waals surface area contributed by atoms with Crippen LogP contribution < -0.4 is 0 Å². The molecule has 0 aromatic rings. The third-order valence-electron chi connectivity index (χ3n) is 0.783. The quantitative estimate of drug-likeness (QED) is 0.306. The van der Waals surface area contributed by atoms with Gasteiger partial charge in [0.2, 0.25) is 0 Å². The van der Waals surface area contributed by atoms with E-state index >= 15 is 0 Å². The van der Waals surface area contributed by atoms with E-state index in [0.29, 0.717) is 5.57 Å². The molecule has 15 heavy (non-hydrogen) atoms. The molecule has 0 aromatic heterocycles. The summed E-state index contributed by atoms with van der Waals surface area (Å²) >= 11 is 0. The van der Waals surface area contributed by atoms with Crippen LogP contribution in [0.4, 0.5) is 0 Å². The minimum absolute atomic E-state index is 0.329. The highest BCUT2D eigenvalue weighted by atomic mass is 16.5. The first-order valence-corrected chi connectivity index (χ1v) is 3.97. The monoisotopic (exact) mass is 214 g/mol. The summed E-state index contributed by atoms with van der Waals surface area (Å²) in [6.45, 7) is 15.4. The predicted molar refractivity (Wildman–Crippen MR) is 60.0 cm³/mol. The van der Waals surface area contributed by atoms with Crippen LogP contribution >= 0.6 is 0 Å². The van der Waals surface area contributed by atoms with E-state index in [1.54, 1.807) is 6.92 Å². The van der Waals surface area contributed by atoms with Gasteiger partial charge in [-0.2, -0.15) is 0 Å². The number of hydrogen-bond donors (Lipinski definition) is 0. The van der Waals surface area contributed by atoms with Crippen molar-refractivity contribution < 1.29 is 19.1 Å². The predicted octanol–water partition coefficient (Wildman–Crippen LogP) is 2.23. The third-order valence-corrected chi connectivity index (χ3v) is 0.783. The van der Waals surface area contributed by atoms with Crippen LogP contribution in [0.15, 0.2) is 38.2 Å². The molecule has 0 N–H and O–H groups in total. The van der Waals surface area contributed by atoms with E-state index in [4.69, 9.17) is 0 Å². The Balaban J connectivity index is -0.000000166. The fourth-order valence-corrected chi connectivity index (χ4v) is 0.292. The SMILES string of the molecule is C=C.C=C(C)C(=O)OC.C=COC(C)=O. The normalized spacial score (nSPS) is 6.60. The molecule has 0 spiro atoms. The van der Waals surface area contributed by atoms with Crippen molar-refractivity contribution in [1.29, 1.82) is 0 Å². The van der Waals surface area contributed by atoms with Gasteiger partial charge in [0.25, 0.3) is 0 Å². The molecular formula is C11H18O4. The summed E-state index contributed by atoms with van der Waals surface area (Å²) in [5, 5.41) is 0. The van der Waals surface area contributed by atoms with Crippen LogP contribution in [0, 0.1) is 0 Å². The molecule has 0 heterocycles. The summed E-state index contributed by atoms with van der Waals surface area (Å²) in [5.41, 5.74) is 0.433. The Morgan fingerprint density at radius 3 is 1.60 bits per heavy atom. The highest BCUT2D eigenvalue weighted by Gasteiger charge is 1.95. The van der Waals surface area contributed by atoms with E-state index < -0.39 is 0 Å². The van der Waals surface area contributed by atoms with Gasteiger partial charge >= 0.3 is 11.9 Å². The number of rotatable bonds is 2. The van der Waals surface area contributed by atoms with Gasteiger partial charge in [0.1, 0.15) is 0 Å². The Kier molecular flexibility index (Phi) is 18.4. The topological polar surface area (TPSA) is 52.6 Å². The zero-order chi connectivity index (χ0) is 12.9. The van der Waals surface area contributed by atoms with E-state index in [9.17, 15) is 9.59 Å². The second-order valence-electron chi connectivity index (χ2n) is 2.05. The Labute approximate surface area is 90.9 Å². The van der Waals surface area contributed by atoms with Gasteiger partial charge in [-0.05, 0) is 6.92 Å². The average Bonchev–Trinajstić information content (AvgIpc) is 2.20. The van der Waals surface area contributed by atoms with Crippen LogP contribution in [0.1, 0.15) is 13.8 Å². The second kappa shape index (κ2) is 14.7. The molecule has 0 aliphatic heterocycles. The highest BCUT2D eigenvalue weighted by molar-refractivity contribution is 5.86. The summed E-state index contributed by atoms with van der Waals surface area (Å²) in [7, 11) is 1.33. The molecule has 0 atom stereocenters. The van der Waals surface area contributed by atoms with E-state index in [1.807, 2.05) is 0 Å². The van der Waals surface area contributed by atoms with E-state index in [-0.39, 0.29) is 11.9 Å².